The molecule has 6 nitrogen and oxygen atoms in total. The lowest BCUT2D eigenvalue weighted by Gasteiger charge is -2.14. The van der Waals surface area contributed by atoms with Gasteiger partial charge in [0.1, 0.15) is 11.9 Å². The predicted octanol–water partition coefficient (Wildman–Crippen LogP) is 1.55. The van der Waals surface area contributed by atoms with Crippen molar-refractivity contribution in [2.75, 3.05) is 12.3 Å². The van der Waals surface area contributed by atoms with Crippen molar-refractivity contribution in [2.45, 2.75) is 31.1 Å². The average Bonchev–Trinajstić information content (AvgIpc) is 2.72. The summed E-state index contributed by atoms with van der Waals surface area (Å²) in [7, 11) is 0. The van der Waals surface area contributed by atoms with Crippen LogP contribution in [0.4, 0.5) is 9.18 Å². The molecule has 0 spiro atoms. The van der Waals surface area contributed by atoms with Crippen molar-refractivity contribution in [2.24, 2.45) is 0 Å². The molecule has 130 valence electrons. The van der Waals surface area contributed by atoms with E-state index < -0.39 is 12.1 Å². The zero-order valence-corrected chi connectivity index (χ0v) is 14.0. The quantitative estimate of drug-likeness (QED) is 0.649. The largest absolute Gasteiger partial charge is 0.354 e. The molecule has 0 radical (unpaired) electrons. The minimum atomic E-state index is -0.692. The number of carbonyl (C=O) groups is 3. The number of carbonyl (C=O) groups excluding carboxylic acids is 3. The molecule has 3 N–H and O–H groups in total. The molecule has 1 aliphatic heterocycles. The zero-order valence-electron chi connectivity index (χ0n) is 13.1. The van der Waals surface area contributed by atoms with E-state index in [1.54, 1.807) is 30.0 Å². The van der Waals surface area contributed by atoms with E-state index in [-0.39, 0.29) is 30.5 Å². The first-order chi connectivity index (χ1) is 11.6. The molecule has 1 saturated heterocycles. The summed E-state index contributed by atoms with van der Waals surface area (Å²) in [5.41, 5.74) is 0.671. The molecule has 0 unspecified atom stereocenters. The van der Waals surface area contributed by atoms with Crippen LogP contribution >= 0.6 is 11.8 Å². The summed E-state index contributed by atoms with van der Waals surface area (Å²) in [4.78, 5) is 34.5. The first-order valence-corrected chi connectivity index (χ1v) is 8.91. The minimum Gasteiger partial charge on any atom is -0.354 e. The third-order valence-corrected chi connectivity index (χ3v) is 4.61. The first-order valence-electron chi connectivity index (χ1n) is 7.75. The van der Waals surface area contributed by atoms with Crippen LogP contribution in [0.1, 0.15) is 24.8 Å². The van der Waals surface area contributed by atoms with E-state index in [0.717, 1.165) is 12.2 Å². The van der Waals surface area contributed by atoms with E-state index in [0.29, 0.717) is 17.9 Å². The van der Waals surface area contributed by atoms with Gasteiger partial charge in [-0.05, 0) is 30.2 Å². The molecule has 0 bridgehead atoms. The van der Waals surface area contributed by atoms with Crippen LogP contribution in [0.3, 0.4) is 0 Å². The molecule has 0 aliphatic carbocycles. The Morgan fingerprint density at radius 3 is 2.92 bits per heavy atom. The summed E-state index contributed by atoms with van der Waals surface area (Å²) in [5.74, 6) is 0.496. The van der Waals surface area contributed by atoms with E-state index >= 15 is 0 Å². The highest BCUT2D eigenvalue weighted by Crippen LogP contribution is 2.15. The number of rotatable bonds is 7. The Morgan fingerprint density at radius 2 is 2.12 bits per heavy atom. The first kappa shape index (κ1) is 18.3. The molecule has 1 aliphatic rings. The molecule has 1 aromatic rings. The van der Waals surface area contributed by atoms with Crippen molar-refractivity contribution in [3.63, 3.8) is 0 Å². The third-order valence-electron chi connectivity index (χ3n) is 3.51. The van der Waals surface area contributed by atoms with Gasteiger partial charge in [-0.3, -0.25) is 14.9 Å². The van der Waals surface area contributed by atoms with Gasteiger partial charge in [-0.25, -0.2) is 9.18 Å². The SMILES string of the molecule is O=C1CC[C@@H](C(=O)NCCCSCc2ccccc2F)NC(=O)N1. The van der Waals surface area contributed by atoms with Gasteiger partial charge in [-0.2, -0.15) is 11.8 Å². The Balaban J connectivity index is 1.61. The Bertz CT molecular complexity index is 612. The minimum absolute atomic E-state index is 0.134. The molecule has 1 aromatic carbocycles. The molecule has 1 atom stereocenters. The van der Waals surface area contributed by atoms with Gasteiger partial charge in [-0.15, -0.1) is 0 Å². The highest BCUT2D eigenvalue weighted by molar-refractivity contribution is 7.98. The molecule has 8 heteroatoms. The summed E-state index contributed by atoms with van der Waals surface area (Å²) in [6.45, 7) is 0.469. The van der Waals surface area contributed by atoms with Crippen LogP contribution in [-0.2, 0) is 15.3 Å². The van der Waals surface area contributed by atoms with Crippen molar-refractivity contribution in [3.05, 3.63) is 35.6 Å². The van der Waals surface area contributed by atoms with Crippen molar-refractivity contribution >= 4 is 29.6 Å². The number of urea groups is 1. The van der Waals surface area contributed by atoms with E-state index in [1.165, 1.54) is 6.07 Å². The summed E-state index contributed by atoms with van der Waals surface area (Å²) >= 11 is 1.60. The second kappa shape index (κ2) is 9.27. The van der Waals surface area contributed by atoms with Gasteiger partial charge in [0.15, 0.2) is 0 Å². The van der Waals surface area contributed by atoms with Crippen molar-refractivity contribution in [1.82, 2.24) is 16.0 Å². The number of hydrogen-bond donors (Lipinski definition) is 3. The van der Waals surface area contributed by atoms with Crippen LogP contribution < -0.4 is 16.0 Å². The van der Waals surface area contributed by atoms with Crippen LogP contribution in [-0.4, -0.2) is 36.2 Å². The van der Waals surface area contributed by atoms with Crippen LogP contribution in [0.2, 0.25) is 0 Å². The molecule has 1 fully saturated rings. The van der Waals surface area contributed by atoms with E-state index in [2.05, 4.69) is 16.0 Å². The van der Waals surface area contributed by atoms with Gasteiger partial charge in [0.25, 0.3) is 0 Å². The van der Waals surface area contributed by atoms with Gasteiger partial charge in [-0.1, -0.05) is 18.2 Å². The second-order valence-electron chi connectivity index (χ2n) is 5.40. The number of halogens is 1. The fraction of sp³-hybridized carbons (Fsp3) is 0.438. The molecule has 0 aromatic heterocycles. The van der Waals surface area contributed by atoms with Gasteiger partial charge in [0.2, 0.25) is 11.8 Å². The van der Waals surface area contributed by atoms with Crippen molar-refractivity contribution in [3.8, 4) is 0 Å². The number of imide groups is 1. The van der Waals surface area contributed by atoms with E-state index in [9.17, 15) is 18.8 Å². The van der Waals surface area contributed by atoms with E-state index in [4.69, 9.17) is 0 Å². The monoisotopic (exact) mass is 353 g/mol. The van der Waals surface area contributed by atoms with Crippen LogP contribution in [0.5, 0.6) is 0 Å². The van der Waals surface area contributed by atoms with E-state index in [1.807, 2.05) is 0 Å². The Morgan fingerprint density at radius 1 is 1.33 bits per heavy atom. The Kier molecular flexibility index (Phi) is 7.05. The van der Waals surface area contributed by atoms with Crippen LogP contribution in [0.25, 0.3) is 0 Å². The summed E-state index contributed by atoms with van der Waals surface area (Å²) in [6.07, 6.45) is 1.16. The Hall–Kier alpha value is -2.09. The molecular weight excluding hydrogens is 333 g/mol. The maximum Gasteiger partial charge on any atom is 0.322 e. The highest BCUT2D eigenvalue weighted by atomic mass is 32.2. The van der Waals surface area contributed by atoms with Crippen LogP contribution in [0.15, 0.2) is 24.3 Å². The molecule has 24 heavy (non-hydrogen) atoms. The van der Waals surface area contributed by atoms with Gasteiger partial charge in [0.05, 0.1) is 0 Å². The summed E-state index contributed by atoms with van der Waals surface area (Å²) < 4.78 is 13.4. The normalized spacial score (nSPS) is 17.6. The zero-order chi connectivity index (χ0) is 17.4. The topological polar surface area (TPSA) is 87.3 Å². The predicted molar refractivity (Wildman–Crippen MR) is 89.9 cm³/mol. The number of hydrogen-bond acceptors (Lipinski definition) is 4. The van der Waals surface area contributed by atoms with Gasteiger partial charge < -0.3 is 10.6 Å². The lowest BCUT2D eigenvalue weighted by molar-refractivity contribution is -0.123. The maximum absolute atomic E-state index is 13.4. The molecule has 0 saturated carbocycles. The fourth-order valence-electron chi connectivity index (χ4n) is 2.23. The fourth-order valence-corrected chi connectivity index (χ4v) is 3.18. The van der Waals surface area contributed by atoms with Gasteiger partial charge in [0, 0.05) is 18.7 Å². The summed E-state index contributed by atoms with van der Waals surface area (Å²) in [6, 6.07) is 5.33. The highest BCUT2D eigenvalue weighted by Gasteiger charge is 2.25. The lowest BCUT2D eigenvalue weighted by atomic mass is 10.1. The van der Waals surface area contributed by atoms with Crippen molar-refractivity contribution < 1.29 is 18.8 Å². The smallest absolute Gasteiger partial charge is 0.322 e. The number of nitrogens with one attached hydrogen (secondary N) is 3. The summed E-state index contributed by atoms with van der Waals surface area (Å²) in [5, 5.41) is 7.33. The molecular formula is C16H20FN3O3S. The third kappa shape index (κ3) is 5.84. The lowest BCUT2D eigenvalue weighted by Crippen LogP contribution is -2.48. The number of benzene rings is 1. The number of thioether (sulfide) groups is 1. The molecule has 4 amide bonds. The molecule has 1 heterocycles. The second-order valence-corrected chi connectivity index (χ2v) is 6.51. The van der Waals surface area contributed by atoms with Gasteiger partial charge >= 0.3 is 6.03 Å². The maximum atomic E-state index is 13.4. The standard InChI is InChI=1S/C16H20FN3O3S/c17-12-5-2-1-4-11(12)10-24-9-3-8-18-15(22)13-6-7-14(21)20-16(23)19-13/h1-2,4-5,13H,3,6-10H2,(H,18,22)(H2,19,20,21,23)/t13-/m0/s1. The number of amides is 4. The van der Waals surface area contributed by atoms with Crippen molar-refractivity contribution in [1.29, 1.82) is 0 Å². The Labute approximate surface area is 143 Å². The average molecular weight is 353 g/mol. The van der Waals surface area contributed by atoms with Crippen LogP contribution in [0, 0.1) is 5.82 Å². The molecule has 2 rings (SSSR count).